The van der Waals surface area contributed by atoms with E-state index in [1.165, 1.54) is 6.92 Å². The molecule has 0 unspecified atom stereocenters. The Kier molecular flexibility index (Phi) is 6.80. The summed E-state index contributed by atoms with van der Waals surface area (Å²) in [7, 11) is 0. The zero-order valence-electron chi connectivity index (χ0n) is 10.9. The Hall–Kier alpha value is -1.44. The van der Waals surface area contributed by atoms with Crippen LogP contribution >= 0.6 is 35.0 Å². The van der Waals surface area contributed by atoms with Crippen molar-refractivity contribution in [1.82, 2.24) is 5.32 Å². The Morgan fingerprint density at radius 1 is 1.38 bits per heavy atom. The second-order valence-electron chi connectivity index (χ2n) is 3.85. The molecule has 0 fully saturated rings. The van der Waals surface area contributed by atoms with Crippen LogP contribution in [-0.2, 0) is 14.3 Å². The first kappa shape index (κ1) is 17.6. The highest BCUT2D eigenvalue weighted by molar-refractivity contribution is 8.00. The number of carbonyl (C=O) groups is 3. The summed E-state index contributed by atoms with van der Waals surface area (Å²) in [4.78, 5) is 34.0. The lowest BCUT2D eigenvalue weighted by Crippen LogP contribution is -2.42. The number of nitrogens with one attached hydrogen (secondary N) is 1. The number of amides is 3. The molecule has 0 aliphatic heterocycles. The van der Waals surface area contributed by atoms with Crippen LogP contribution in [0, 0.1) is 0 Å². The molecule has 0 aromatic heterocycles. The van der Waals surface area contributed by atoms with Crippen molar-refractivity contribution in [3.8, 4) is 0 Å². The summed E-state index contributed by atoms with van der Waals surface area (Å²) in [6, 6.07) is 3.84. The lowest BCUT2D eigenvalue weighted by Gasteiger charge is -2.12. The van der Waals surface area contributed by atoms with Crippen LogP contribution in [-0.4, -0.2) is 29.8 Å². The number of halogens is 2. The minimum absolute atomic E-state index is 0.0613. The predicted octanol–water partition coefficient (Wildman–Crippen LogP) is 2.21. The Morgan fingerprint density at radius 2 is 2.05 bits per heavy atom. The lowest BCUT2D eigenvalue weighted by molar-refractivity contribution is -0.151. The van der Waals surface area contributed by atoms with Gasteiger partial charge in [0.05, 0.1) is 10.8 Å². The van der Waals surface area contributed by atoms with E-state index < -0.39 is 24.0 Å². The molecule has 0 aliphatic rings. The van der Waals surface area contributed by atoms with Gasteiger partial charge in [-0.25, -0.2) is 4.79 Å². The largest absolute Gasteiger partial charge is 0.452 e. The summed E-state index contributed by atoms with van der Waals surface area (Å²) < 4.78 is 4.85. The van der Waals surface area contributed by atoms with Crippen LogP contribution in [0.15, 0.2) is 23.1 Å². The number of nitrogens with two attached hydrogens (primary N) is 1. The van der Waals surface area contributed by atoms with Crippen molar-refractivity contribution in [2.45, 2.75) is 17.9 Å². The van der Waals surface area contributed by atoms with Gasteiger partial charge in [-0.05, 0) is 25.1 Å². The number of carbonyl (C=O) groups excluding carboxylic acids is 3. The van der Waals surface area contributed by atoms with Gasteiger partial charge in [0, 0.05) is 9.92 Å². The second kappa shape index (κ2) is 8.11. The Labute approximate surface area is 135 Å². The maximum absolute atomic E-state index is 11.6. The minimum Gasteiger partial charge on any atom is -0.452 e. The van der Waals surface area contributed by atoms with Gasteiger partial charge in [-0.1, -0.05) is 23.2 Å². The first-order chi connectivity index (χ1) is 9.79. The number of primary amides is 1. The number of hydrogen-bond acceptors (Lipinski definition) is 5. The Balaban J connectivity index is 2.49. The van der Waals surface area contributed by atoms with Crippen molar-refractivity contribution in [2.24, 2.45) is 5.73 Å². The molecule has 3 N–H and O–H groups in total. The van der Waals surface area contributed by atoms with E-state index >= 15 is 0 Å². The highest BCUT2D eigenvalue weighted by Crippen LogP contribution is 2.29. The Morgan fingerprint density at radius 3 is 2.67 bits per heavy atom. The normalized spacial score (nSPS) is 11.6. The van der Waals surface area contributed by atoms with Crippen LogP contribution in [0.2, 0.25) is 10.0 Å². The summed E-state index contributed by atoms with van der Waals surface area (Å²) in [5, 5.41) is 2.76. The molecule has 0 spiro atoms. The average Bonchev–Trinajstić information content (AvgIpc) is 2.39. The van der Waals surface area contributed by atoms with Gasteiger partial charge in [0.25, 0.3) is 5.91 Å². The van der Waals surface area contributed by atoms with E-state index in [0.717, 1.165) is 11.8 Å². The summed E-state index contributed by atoms with van der Waals surface area (Å²) >= 11 is 12.9. The van der Waals surface area contributed by atoms with Gasteiger partial charge in [-0.2, -0.15) is 0 Å². The molecule has 6 nitrogen and oxygen atoms in total. The van der Waals surface area contributed by atoms with Gasteiger partial charge in [0.1, 0.15) is 0 Å². The molecule has 0 saturated carbocycles. The van der Waals surface area contributed by atoms with Crippen molar-refractivity contribution >= 4 is 52.9 Å². The van der Waals surface area contributed by atoms with E-state index in [4.69, 9.17) is 33.7 Å². The van der Waals surface area contributed by atoms with Gasteiger partial charge in [-0.15, -0.1) is 11.8 Å². The van der Waals surface area contributed by atoms with Crippen molar-refractivity contribution < 1.29 is 19.1 Å². The lowest BCUT2D eigenvalue weighted by atomic mass is 10.4. The van der Waals surface area contributed by atoms with Gasteiger partial charge in [0.15, 0.2) is 6.10 Å². The van der Waals surface area contributed by atoms with E-state index in [2.05, 4.69) is 0 Å². The first-order valence-corrected chi connectivity index (χ1v) is 7.41. The summed E-state index contributed by atoms with van der Waals surface area (Å²) in [6.45, 7) is 1.33. The minimum atomic E-state index is -1.12. The molecule has 1 atom stereocenters. The van der Waals surface area contributed by atoms with Crippen molar-refractivity contribution in [3.05, 3.63) is 28.2 Å². The second-order valence-corrected chi connectivity index (χ2v) is 5.71. The van der Waals surface area contributed by atoms with Crippen LogP contribution in [0.5, 0.6) is 0 Å². The third-order valence-electron chi connectivity index (χ3n) is 2.16. The van der Waals surface area contributed by atoms with E-state index in [9.17, 15) is 14.4 Å². The van der Waals surface area contributed by atoms with Crippen LogP contribution < -0.4 is 11.1 Å². The molecule has 1 aromatic rings. The summed E-state index contributed by atoms with van der Waals surface area (Å²) in [6.07, 6.45) is -1.12. The third-order valence-corrected chi connectivity index (χ3v) is 3.87. The summed E-state index contributed by atoms with van der Waals surface area (Å²) in [5.41, 5.74) is 4.78. The smallest absolute Gasteiger partial charge is 0.318 e. The van der Waals surface area contributed by atoms with Crippen LogP contribution in [0.1, 0.15) is 6.92 Å². The Bertz CT molecular complexity index is 568. The number of urea groups is 1. The van der Waals surface area contributed by atoms with E-state index in [1.807, 2.05) is 5.32 Å². The monoisotopic (exact) mass is 350 g/mol. The molecule has 0 aliphatic carbocycles. The van der Waals surface area contributed by atoms with Gasteiger partial charge in [-0.3, -0.25) is 14.9 Å². The molecule has 0 heterocycles. The number of hydrogen-bond donors (Lipinski definition) is 2. The highest BCUT2D eigenvalue weighted by atomic mass is 35.5. The number of thioether (sulfide) groups is 1. The molecule has 1 rings (SSSR count). The van der Waals surface area contributed by atoms with Crippen molar-refractivity contribution in [1.29, 1.82) is 0 Å². The zero-order valence-corrected chi connectivity index (χ0v) is 13.2. The maximum atomic E-state index is 11.6. The average molecular weight is 351 g/mol. The molecule has 3 amide bonds. The highest BCUT2D eigenvalue weighted by Gasteiger charge is 2.19. The fourth-order valence-electron chi connectivity index (χ4n) is 1.23. The summed E-state index contributed by atoms with van der Waals surface area (Å²) in [5.74, 6) is -1.49. The van der Waals surface area contributed by atoms with Crippen LogP contribution in [0.4, 0.5) is 4.79 Å². The zero-order chi connectivity index (χ0) is 16.0. The van der Waals surface area contributed by atoms with Crippen LogP contribution in [0.25, 0.3) is 0 Å². The number of rotatable bonds is 5. The van der Waals surface area contributed by atoms with Crippen LogP contribution in [0.3, 0.4) is 0 Å². The SMILES string of the molecule is C[C@@H](OC(=O)CSc1cc(Cl)ccc1Cl)C(=O)NC(N)=O. The van der Waals surface area contributed by atoms with E-state index in [-0.39, 0.29) is 5.75 Å². The fourth-order valence-corrected chi connectivity index (χ4v) is 2.51. The molecule has 1 aromatic carbocycles. The molecule has 0 radical (unpaired) electrons. The topological polar surface area (TPSA) is 98.5 Å². The molecule has 0 bridgehead atoms. The third kappa shape index (κ3) is 6.24. The van der Waals surface area contributed by atoms with Crippen molar-refractivity contribution in [2.75, 3.05) is 5.75 Å². The number of ether oxygens (including phenoxy) is 1. The number of esters is 1. The quantitative estimate of drug-likeness (QED) is 0.626. The van der Waals surface area contributed by atoms with E-state index in [1.54, 1.807) is 18.2 Å². The number of imide groups is 1. The van der Waals surface area contributed by atoms with Gasteiger partial charge >= 0.3 is 12.0 Å². The van der Waals surface area contributed by atoms with Gasteiger partial charge in [0.2, 0.25) is 0 Å². The molecule has 9 heteroatoms. The molecular weight excluding hydrogens is 339 g/mol. The molecular formula is C12H12Cl2N2O4S. The first-order valence-electron chi connectivity index (χ1n) is 5.67. The van der Waals surface area contributed by atoms with E-state index in [0.29, 0.717) is 14.9 Å². The maximum Gasteiger partial charge on any atom is 0.318 e. The van der Waals surface area contributed by atoms with Crippen molar-refractivity contribution in [3.63, 3.8) is 0 Å². The standard InChI is InChI=1S/C12H12Cl2N2O4S/c1-6(11(18)16-12(15)19)20-10(17)5-21-9-4-7(13)2-3-8(9)14/h2-4,6H,5H2,1H3,(H3,15,16,18,19)/t6-/m1/s1. The molecule has 21 heavy (non-hydrogen) atoms. The number of benzene rings is 1. The molecule has 0 saturated heterocycles. The predicted molar refractivity (Wildman–Crippen MR) is 80.5 cm³/mol. The molecule has 114 valence electrons. The fraction of sp³-hybridized carbons (Fsp3) is 0.250. The van der Waals surface area contributed by atoms with Gasteiger partial charge < -0.3 is 10.5 Å².